The zero-order valence-electron chi connectivity index (χ0n) is 14.5. The van der Waals surface area contributed by atoms with Gasteiger partial charge in [-0.1, -0.05) is 41.6 Å². The van der Waals surface area contributed by atoms with Crippen LogP contribution < -0.4 is 11.1 Å². The number of amides is 2. The van der Waals surface area contributed by atoms with Crippen LogP contribution in [0.15, 0.2) is 52.4 Å². The molecular formula is C19H17N3O4S. The summed E-state index contributed by atoms with van der Waals surface area (Å²) in [5.41, 5.74) is 6.57. The number of ketones is 1. The van der Waals surface area contributed by atoms with Gasteiger partial charge in [-0.05, 0) is 23.9 Å². The number of nitrogens with zero attached hydrogens (tertiary/aromatic N) is 1. The normalized spacial score (nSPS) is 11.7. The van der Waals surface area contributed by atoms with Crippen molar-refractivity contribution in [2.24, 2.45) is 5.73 Å². The molecular weight excluding hydrogens is 366 g/mol. The lowest BCUT2D eigenvalue weighted by molar-refractivity contribution is -0.137. The zero-order chi connectivity index (χ0) is 19.4. The Morgan fingerprint density at radius 3 is 2.56 bits per heavy atom. The molecule has 0 fully saturated rings. The number of benzene rings is 1. The van der Waals surface area contributed by atoms with Crippen molar-refractivity contribution in [2.75, 3.05) is 0 Å². The molecule has 0 radical (unpaired) electrons. The summed E-state index contributed by atoms with van der Waals surface area (Å²) in [7, 11) is 0. The second kappa shape index (κ2) is 7.96. The second-order valence-corrected chi connectivity index (χ2v) is 6.83. The quantitative estimate of drug-likeness (QED) is 0.606. The van der Waals surface area contributed by atoms with Crippen LogP contribution in [-0.2, 0) is 16.0 Å². The molecule has 7 nitrogen and oxygen atoms in total. The highest BCUT2D eigenvalue weighted by atomic mass is 32.1. The van der Waals surface area contributed by atoms with E-state index in [1.165, 1.54) is 11.3 Å². The Morgan fingerprint density at radius 1 is 1.19 bits per heavy atom. The average molecular weight is 383 g/mol. The number of nitrogens with one attached hydrogen (secondary N) is 1. The van der Waals surface area contributed by atoms with E-state index in [0.717, 1.165) is 10.4 Å². The highest BCUT2D eigenvalue weighted by Gasteiger charge is 2.29. The molecule has 0 aliphatic rings. The number of Topliss-reactive ketones (excluding diaryl/α,β-unsaturated/α-hetero) is 1. The van der Waals surface area contributed by atoms with E-state index in [1.807, 2.05) is 35.7 Å². The topological polar surface area (TPSA) is 115 Å². The van der Waals surface area contributed by atoms with E-state index in [9.17, 15) is 14.4 Å². The van der Waals surface area contributed by atoms with Gasteiger partial charge in [0, 0.05) is 6.42 Å². The summed E-state index contributed by atoms with van der Waals surface area (Å²) in [6.07, 6.45) is 0.146. The summed E-state index contributed by atoms with van der Waals surface area (Å²) in [6.45, 7) is 1.61. The number of rotatable bonds is 7. The van der Waals surface area contributed by atoms with Crippen molar-refractivity contribution in [1.82, 2.24) is 10.5 Å². The zero-order valence-corrected chi connectivity index (χ0v) is 15.3. The van der Waals surface area contributed by atoms with Crippen LogP contribution in [0.3, 0.4) is 0 Å². The third-order valence-electron chi connectivity index (χ3n) is 3.99. The second-order valence-electron chi connectivity index (χ2n) is 5.88. The van der Waals surface area contributed by atoms with Crippen LogP contribution in [0.5, 0.6) is 0 Å². The van der Waals surface area contributed by atoms with Crippen molar-refractivity contribution in [3.8, 4) is 10.6 Å². The highest BCUT2D eigenvalue weighted by Crippen LogP contribution is 2.29. The molecule has 1 atom stereocenters. The molecule has 0 saturated carbocycles. The lowest BCUT2D eigenvalue weighted by Gasteiger charge is -2.16. The molecule has 0 aliphatic heterocycles. The third-order valence-corrected chi connectivity index (χ3v) is 4.87. The van der Waals surface area contributed by atoms with Crippen molar-refractivity contribution >= 4 is 28.9 Å². The number of primary amides is 1. The van der Waals surface area contributed by atoms with E-state index in [-0.39, 0.29) is 12.0 Å². The minimum Gasteiger partial charge on any atom is -0.363 e. The van der Waals surface area contributed by atoms with Gasteiger partial charge < -0.3 is 15.6 Å². The fraction of sp³-hybridized carbons (Fsp3) is 0.158. The van der Waals surface area contributed by atoms with E-state index < -0.39 is 23.6 Å². The summed E-state index contributed by atoms with van der Waals surface area (Å²) in [5.74, 6) is -2.19. The van der Waals surface area contributed by atoms with Gasteiger partial charge in [0.1, 0.15) is 23.1 Å². The Hall–Kier alpha value is -3.26. The van der Waals surface area contributed by atoms with Crippen LogP contribution in [0.1, 0.15) is 21.7 Å². The monoisotopic (exact) mass is 383 g/mol. The lowest BCUT2D eigenvalue weighted by atomic mass is 10.0. The smallest absolute Gasteiger partial charge is 0.287 e. The predicted octanol–water partition coefficient (Wildman–Crippen LogP) is 2.11. The van der Waals surface area contributed by atoms with Gasteiger partial charge >= 0.3 is 0 Å². The van der Waals surface area contributed by atoms with Gasteiger partial charge in [-0.15, -0.1) is 11.3 Å². The van der Waals surface area contributed by atoms with Crippen LogP contribution >= 0.6 is 11.3 Å². The summed E-state index contributed by atoms with van der Waals surface area (Å²) in [4.78, 5) is 37.3. The first kappa shape index (κ1) is 18.5. The molecule has 138 valence electrons. The van der Waals surface area contributed by atoms with Gasteiger partial charge in [-0.3, -0.25) is 14.4 Å². The van der Waals surface area contributed by atoms with Gasteiger partial charge in [0.05, 0.1) is 4.88 Å². The maximum atomic E-state index is 12.9. The molecule has 0 bridgehead atoms. The number of hydrogen-bond acceptors (Lipinski definition) is 6. The molecule has 1 aromatic carbocycles. The molecule has 1 unspecified atom stereocenters. The van der Waals surface area contributed by atoms with E-state index in [4.69, 9.17) is 10.3 Å². The number of aryl methyl sites for hydroxylation is 1. The first-order valence-electron chi connectivity index (χ1n) is 8.16. The van der Waals surface area contributed by atoms with Crippen LogP contribution in [0.2, 0.25) is 0 Å². The molecule has 0 aliphatic carbocycles. The standard InChI is InChI=1S/C19H17N3O4S/c1-11-15(16(22-26-11)14-8-5-9-27-14)19(25)21-13(17(23)18(20)24)10-12-6-3-2-4-7-12/h2-9,13H,10H2,1H3,(H2,20,24)(H,21,25). The summed E-state index contributed by atoms with van der Waals surface area (Å²) in [5, 5.41) is 8.41. The third kappa shape index (κ3) is 4.12. The molecule has 0 spiro atoms. The SMILES string of the molecule is Cc1onc(-c2cccs2)c1C(=O)NC(Cc1ccccc1)C(=O)C(N)=O. The minimum absolute atomic E-state index is 0.146. The molecule has 3 N–H and O–H groups in total. The molecule has 8 heteroatoms. The molecule has 2 heterocycles. The maximum Gasteiger partial charge on any atom is 0.287 e. The first-order valence-corrected chi connectivity index (χ1v) is 9.04. The number of thiophene rings is 1. The average Bonchev–Trinajstić information content (AvgIpc) is 3.30. The summed E-state index contributed by atoms with van der Waals surface area (Å²) < 4.78 is 5.17. The van der Waals surface area contributed by atoms with Gasteiger partial charge in [-0.2, -0.15) is 0 Å². The Bertz CT molecular complexity index is 964. The molecule has 3 aromatic rings. The van der Waals surface area contributed by atoms with Crippen LogP contribution in [0.4, 0.5) is 0 Å². The van der Waals surface area contributed by atoms with Gasteiger partial charge in [0.25, 0.3) is 11.8 Å². The first-order chi connectivity index (χ1) is 13.0. The van der Waals surface area contributed by atoms with E-state index in [1.54, 1.807) is 19.1 Å². The largest absolute Gasteiger partial charge is 0.363 e. The predicted molar refractivity (Wildman–Crippen MR) is 100 cm³/mol. The fourth-order valence-corrected chi connectivity index (χ4v) is 3.39. The molecule has 27 heavy (non-hydrogen) atoms. The number of aromatic nitrogens is 1. The molecule has 2 amide bonds. The molecule has 0 saturated heterocycles. The van der Waals surface area contributed by atoms with E-state index in [2.05, 4.69) is 10.5 Å². The van der Waals surface area contributed by atoms with Crippen LogP contribution in [0.25, 0.3) is 10.6 Å². The highest BCUT2D eigenvalue weighted by molar-refractivity contribution is 7.13. The minimum atomic E-state index is -1.10. The van der Waals surface area contributed by atoms with Crippen molar-refractivity contribution < 1.29 is 18.9 Å². The van der Waals surface area contributed by atoms with E-state index >= 15 is 0 Å². The van der Waals surface area contributed by atoms with Crippen LogP contribution in [-0.4, -0.2) is 28.8 Å². The lowest BCUT2D eigenvalue weighted by Crippen LogP contribution is -2.47. The summed E-state index contributed by atoms with van der Waals surface area (Å²) in [6, 6.07) is 11.6. The number of carbonyl (C=O) groups excluding carboxylic acids is 3. The Labute approximate surface area is 159 Å². The van der Waals surface area contributed by atoms with E-state index in [0.29, 0.717) is 11.5 Å². The number of hydrogen-bond donors (Lipinski definition) is 2. The Morgan fingerprint density at radius 2 is 1.93 bits per heavy atom. The van der Waals surface area contributed by atoms with Crippen molar-refractivity contribution in [1.29, 1.82) is 0 Å². The Kier molecular flexibility index (Phi) is 5.46. The fourth-order valence-electron chi connectivity index (χ4n) is 2.68. The maximum absolute atomic E-state index is 12.9. The number of carbonyl (C=O) groups is 3. The Balaban J connectivity index is 1.88. The van der Waals surface area contributed by atoms with Crippen molar-refractivity contribution in [3.05, 3.63) is 64.7 Å². The van der Waals surface area contributed by atoms with Gasteiger partial charge in [0.2, 0.25) is 5.78 Å². The van der Waals surface area contributed by atoms with Gasteiger partial charge in [0.15, 0.2) is 0 Å². The van der Waals surface area contributed by atoms with Crippen molar-refractivity contribution in [3.63, 3.8) is 0 Å². The van der Waals surface area contributed by atoms with Gasteiger partial charge in [-0.25, -0.2) is 0 Å². The molecule has 2 aromatic heterocycles. The summed E-state index contributed by atoms with van der Waals surface area (Å²) >= 11 is 1.41. The number of nitrogens with two attached hydrogens (primary N) is 1. The molecule has 3 rings (SSSR count). The van der Waals surface area contributed by atoms with Crippen LogP contribution in [0, 0.1) is 6.92 Å². The van der Waals surface area contributed by atoms with Crippen molar-refractivity contribution in [2.45, 2.75) is 19.4 Å².